The Morgan fingerprint density at radius 3 is 0.195 bits per heavy atom. The molecule has 234 valence electrons. The second-order valence-electron chi connectivity index (χ2n) is 0.894. The van der Waals surface area contributed by atoms with Gasteiger partial charge in [0.05, 0.1) is 0 Å². The Hall–Kier alpha value is -1.47. The standard InChI is InChI=1S/3Ba.2Co.12HNO2/c;;;;;12*2-1-3/h;;;;;12*(H,2,3)/q3*+2;;;;;;;;;;;;;;/p-12. The fraction of sp³-hybridized carbons (Fsp3) is 0. The van der Waals surface area contributed by atoms with Crippen molar-refractivity contribution < 1.29 is 33.6 Å². The van der Waals surface area contributed by atoms with Gasteiger partial charge in [0, 0.05) is 33.6 Å². The number of hydrogen-bond donors (Lipinski definition) is 0. The van der Waals surface area contributed by atoms with Crippen molar-refractivity contribution in [3.05, 3.63) is 121 Å². The van der Waals surface area contributed by atoms with Gasteiger partial charge in [-0.2, -0.15) is 0 Å². The first-order valence-electron chi connectivity index (χ1n) is 4.38. The summed E-state index contributed by atoms with van der Waals surface area (Å²) in [6, 6.07) is 0. The van der Waals surface area contributed by atoms with Crippen molar-refractivity contribution in [2.45, 2.75) is 0 Å². The Bertz CT molecular complexity index is 279. The van der Waals surface area contributed by atoms with Gasteiger partial charge in [0.2, 0.25) is 0 Å². The summed E-state index contributed by atoms with van der Waals surface area (Å²) in [5, 5.41) is 108. The van der Waals surface area contributed by atoms with Gasteiger partial charge in [-0.25, -0.2) is 0 Å². The third-order valence-electron chi connectivity index (χ3n) is 0. The van der Waals surface area contributed by atoms with Gasteiger partial charge in [-0.1, -0.05) is 0 Å². The molecule has 0 aliphatic rings. The van der Waals surface area contributed by atoms with Crippen LogP contribution in [-0.2, 0) is 33.6 Å². The number of rotatable bonds is 0. The third kappa shape index (κ3) is 23700. The summed E-state index contributed by atoms with van der Waals surface area (Å²) in [6.45, 7) is 0. The summed E-state index contributed by atoms with van der Waals surface area (Å²) >= 11 is 0. The van der Waals surface area contributed by atoms with Crippen molar-refractivity contribution >= 4 is 147 Å². The summed E-state index contributed by atoms with van der Waals surface area (Å²) in [4.78, 5) is 96.0. The molecule has 0 saturated heterocycles. The molecule has 36 nitrogen and oxygen atoms in total. The van der Waals surface area contributed by atoms with Crippen LogP contribution in [0.1, 0.15) is 0 Å². The van der Waals surface area contributed by atoms with E-state index in [9.17, 15) is 0 Å². The molecule has 0 bridgehead atoms. The zero-order valence-electron chi connectivity index (χ0n) is 18.0. The largest absolute Gasteiger partial charge is 2.00 e. The van der Waals surface area contributed by atoms with Gasteiger partial charge < -0.3 is 121 Å². The quantitative estimate of drug-likeness (QED) is 0.190. The second-order valence-corrected chi connectivity index (χ2v) is 0.894. The van der Waals surface area contributed by atoms with Crippen LogP contribution in [0.15, 0.2) is 64.1 Å². The van der Waals surface area contributed by atoms with Crippen LogP contribution in [0.5, 0.6) is 0 Å². The van der Waals surface area contributed by atoms with E-state index in [0.29, 0.717) is 0 Å². The van der Waals surface area contributed by atoms with Crippen molar-refractivity contribution in [3.8, 4) is 0 Å². The zero-order valence-corrected chi connectivity index (χ0v) is 33.4. The van der Waals surface area contributed by atoms with Crippen LogP contribution in [0.25, 0.3) is 0 Å². The van der Waals surface area contributed by atoms with E-state index in [2.05, 4.69) is 0 Å². The van der Waals surface area contributed by atoms with Gasteiger partial charge >= 0.3 is 147 Å². The Labute approximate surface area is 359 Å². The number of nitrogens with zero attached hydrogens (tertiary/aromatic N) is 12. The first kappa shape index (κ1) is 116. The molecule has 0 amide bonds. The van der Waals surface area contributed by atoms with Gasteiger partial charge in [0.15, 0.2) is 0 Å². The van der Waals surface area contributed by atoms with Crippen LogP contribution in [0.3, 0.4) is 0 Å². The topological polar surface area (TPSA) is 630 Å². The molecular weight excluding hydrogens is 1080 g/mol. The molecule has 41 heavy (non-hydrogen) atoms. The van der Waals surface area contributed by atoms with E-state index < -0.39 is 0 Å². The van der Waals surface area contributed by atoms with E-state index in [0.717, 1.165) is 64.1 Å². The maximum Gasteiger partial charge on any atom is 2.00 e. The first-order valence-corrected chi connectivity index (χ1v) is 4.38. The average molecular weight is 1080 g/mol. The Balaban J connectivity index is -0.0000000101. The number of hydrogen-bond acceptors (Lipinski definition) is 36. The molecule has 2 radical (unpaired) electrons. The molecule has 0 N–H and O–H groups in total. The van der Waals surface area contributed by atoms with E-state index in [1.54, 1.807) is 0 Å². The summed E-state index contributed by atoms with van der Waals surface area (Å²) in [5.41, 5.74) is 0. The van der Waals surface area contributed by atoms with Crippen molar-refractivity contribution in [1.29, 1.82) is 0 Å². The van der Waals surface area contributed by atoms with Gasteiger partial charge in [0.1, 0.15) is 0 Å². The molecule has 0 spiro atoms. The van der Waals surface area contributed by atoms with Crippen molar-refractivity contribution in [3.63, 3.8) is 0 Å². The van der Waals surface area contributed by atoms with Crippen LogP contribution >= 0.6 is 0 Å². The molecule has 0 aromatic heterocycles. The zero-order chi connectivity index (χ0) is 32.5. The average Bonchev–Trinajstić information content (AvgIpc) is 2.75. The smallest absolute Gasteiger partial charge is 0.444 e. The fourth-order valence-corrected chi connectivity index (χ4v) is 0. The van der Waals surface area contributed by atoms with E-state index in [-0.39, 0.29) is 180 Å². The summed E-state index contributed by atoms with van der Waals surface area (Å²) < 4.78 is 0. The molecule has 0 heterocycles. The molecule has 0 rings (SSSR count). The van der Waals surface area contributed by atoms with Gasteiger partial charge in [-0.3, -0.25) is 0 Å². The second kappa shape index (κ2) is 490. The Morgan fingerprint density at radius 2 is 0.195 bits per heavy atom. The molecular formula is Ba3Co2N12O24-6. The first-order chi connectivity index (χ1) is 17.0. The minimum atomic E-state index is 0. The van der Waals surface area contributed by atoms with Crippen LogP contribution in [0.4, 0.5) is 0 Å². The normalized spacial score (nSPS) is 3.51. The van der Waals surface area contributed by atoms with Crippen LogP contribution < -0.4 is 0 Å². The van der Waals surface area contributed by atoms with Crippen molar-refractivity contribution in [2.75, 3.05) is 0 Å². The van der Waals surface area contributed by atoms with E-state index in [4.69, 9.17) is 121 Å². The molecule has 41 heteroatoms. The third-order valence-corrected chi connectivity index (χ3v) is 0. The van der Waals surface area contributed by atoms with Crippen LogP contribution in [-0.4, -0.2) is 147 Å². The molecule has 0 saturated carbocycles. The molecule has 0 atom stereocenters. The molecule has 0 aromatic carbocycles. The fourth-order valence-electron chi connectivity index (χ4n) is 0. The van der Waals surface area contributed by atoms with Gasteiger partial charge in [0.25, 0.3) is 0 Å². The molecule has 0 aliphatic heterocycles. The monoisotopic (exact) mass is 1080 g/mol. The summed E-state index contributed by atoms with van der Waals surface area (Å²) in [6.07, 6.45) is 0. The Morgan fingerprint density at radius 1 is 0.195 bits per heavy atom. The SMILES string of the molecule is O=N[O-].O=N[O-].O=N[O-].O=N[O-].O=N[O-].O=N[O-].O=N[O-].O=N[O-].O=N[O-].O=N[O-].O=N[O-].O=N[O-].[Ba+2].[Ba+2].[Ba+2].[Co].[Co]. The predicted molar refractivity (Wildman–Crippen MR) is 127 cm³/mol. The molecule has 0 aromatic rings. The summed E-state index contributed by atoms with van der Waals surface area (Å²) in [7, 11) is 0. The minimum Gasteiger partial charge on any atom is -0.444 e. The van der Waals surface area contributed by atoms with Crippen LogP contribution in [0, 0.1) is 121 Å². The minimum absolute atomic E-state index is 0. The predicted octanol–water partition coefficient (Wildman–Crippen LogP) is 1.86. The van der Waals surface area contributed by atoms with Crippen molar-refractivity contribution in [1.82, 2.24) is 0 Å². The van der Waals surface area contributed by atoms with E-state index in [1.165, 1.54) is 0 Å². The van der Waals surface area contributed by atoms with Gasteiger partial charge in [-0.15, -0.1) is 64.1 Å². The maximum absolute atomic E-state index is 8.00. The van der Waals surface area contributed by atoms with E-state index in [1.807, 2.05) is 0 Å². The van der Waals surface area contributed by atoms with E-state index >= 15 is 0 Å². The Kier molecular flexibility index (Phi) is 1380. The van der Waals surface area contributed by atoms with Gasteiger partial charge in [-0.05, 0) is 0 Å². The van der Waals surface area contributed by atoms with Crippen molar-refractivity contribution in [2.24, 2.45) is 64.1 Å². The molecule has 0 fully saturated rings. The van der Waals surface area contributed by atoms with Crippen LogP contribution in [0.2, 0.25) is 0 Å². The molecule has 0 aliphatic carbocycles. The summed E-state index contributed by atoms with van der Waals surface area (Å²) in [5.74, 6) is 0. The molecule has 0 unspecified atom stereocenters. The maximum atomic E-state index is 8.00.